The number of rotatable bonds is 12. The molecule has 1 aromatic carbocycles. The smallest absolute Gasteiger partial charge is 0.0330 e. The van der Waals surface area contributed by atoms with E-state index in [9.17, 15) is 0 Å². The van der Waals surface area contributed by atoms with Crippen LogP contribution in [0.25, 0.3) is 0 Å². The van der Waals surface area contributed by atoms with E-state index in [0.29, 0.717) is 18.1 Å². The molecule has 4 heteroatoms. The van der Waals surface area contributed by atoms with Gasteiger partial charge in [-0.05, 0) is 76.7 Å². The Morgan fingerprint density at radius 1 is 0.607 bits per heavy atom. The van der Waals surface area contributed by atoms with Gasteiger partial charge < -0.3 is 0 Å². The van der Waals surface area contributed by atoms with E-state index >= 15 is 0 Å². The topological polar surface area (TPSA) is 9.72 Å². The summed E-state index contributed by atoms with van der Waals surface area (Å²) < 4.78 is 0. The zero-order chi connectivity index (χ0) is 21.4. The van der Waals surface area contributed by atoms with Crippen LogP contribution in [0.1, 0.15) is 97.1 Å². The third-order valence-electron chi connectivity index (χ3n) is 6.65. The molecule has 0 aliphatic carbocycles. The third-order valence-corrected chi connectivity index (χ3v) is 7.17. The Bertz CT molecular complexity index is 538. The molecule has 0 amide bonds. The van der Waals surface area contributed by atoms with Crippen molar-refractivity contribution in [3.05, 3.63) is 28.8 Å². The number of thiol groups is 1. The number of nitrogens with zero attached hydrogens (tertiary/aromatic N) is 3. The van der Waals surface area contributed by atoms with Crippen LogP contribution in [0.4, 0.5) is 0 Å². The van der Waals surface area contributed by atoms with Crippen molar-refractivity contribution in [3.63, 3.8) is 0 Å². The Morgan fingerprint density at radius 2 is 0.893 bits per heavy atom. The average molecular weight is 408 g/mol. The molecule has 3 atom stereocenters. The SMILES string of the molecule is CCN(CC)C(C)c1cc(C(C)N(CC)CC)c(S)c(C(C)N(CC)CC)c1. The summed E-state index contributed by atoms with van der Waals surface area (Å²) in [4.78, 5) is 8.75. The lowest BCUT2D eigenvalue weighted by Crippen LogP contribution is -2.30. The second kappa shape index (κ2) is 12.2. The van der Waals surface area contributed by atoms with E-state index in [0.717, 1.165) is 39.3 Å². The molecule has 0 N–H and O–H groups in total. The summed E-state index contributed by atoms with van der Waals surface area (Å²) in [5, 5.41) is 0. The van der Waals surface area contributed by atoms with Gasteiger partial charge in [-0.2, -0.15) is 0 Å². The Kier molecular flexibility index (Phi) is 11.1. The summed E-state index contributed by atoms with van der Waals surface area (Å²) in [5.41, 5.74) is 4.17. The van der Waals surface area contributed by atoms with Crippen LogP contribution in [0, 0.1) is 0 Å². The Labute approximate surface area is 180 Å². The van der Waals surface area contributed by atoms with Gasteiger partial charge in [-0.15, -0.1) is 12.6 Å². The number of hydrogen-bond acceptors (Lipinski definition) is 4. The van der Waals surface area contributed by atoms with Gasteiger partial charge >= 0.3 is 0 Å². The molecule has 0 radical (unpaired) electrons. The van der Waals surface area contributed by atoms with E-state index in [1.54, 1.807) is 0 Å². The summed E-state index contributed by atoms with van der Waals surface area (Å²) in [6.07, 6.45) is 0. The fourth-order valence-electron chi connectivity index (χ4n) is 4.50. The van der Waals surface area contributed by atoms with Crippen molar-refractivity contribution in [1.82, 2.24) is 14.7 Å². The van der Waals surface area contributed by atoms with E-state index in [2.05, 4.69) is 89.1 Å². The highest BCUT2D eigenvalue weighted by molar-refractivity contribution is 7.80. The van der Waals surface area contributed by atoms with Crippen molar-refractivity contribution in [2.45, 2.75) is 85.3 Å². The van der Waals surface area contributed by atoms with Gasteiger partial charge in [0.05, 0.1) is 0 Å². The fourth-order valence-corrected chi connectivity index (χ4v) is 5.00. The van der Waals surface area contributed by atoms with E-state index in [1.165, 1.54) is 21.6 Å². The van der Waals surface area contributed by atoms with E-state index < -0.39 is 0 Å². The molecule has 3 nitrogen and oxygen atoms in total. The average Bonchev–Trinajstić information content (AvgIpc) is 2.70. The molecule has 0 aromatic heterocycles. The van der Waals surface area contributed by atoms with Gasteiger partial charge in [0.1, 0.15) is 0 Å². The van der Waals surface area contributed by atoms with Crippen LogP contribution >= 0.6 is 12.6 Å². The molecule has 28 heavy (non-hydrogen) atoms. The van der Waals surface area contributed by atoms with Gasteiger partial charge in [0.25, 0.3) is 0 Å². The molecule has 0 heterocycles. The van der Waals surface area contributed by atoms with Crippen LogP contribution in [0.2, 0.25) is 0 Å². The van der Waals surface area contributed by atoms with Gasteiger partial charge in [-0.1, -0.05) is 53.7 Å². The highest BCUT2D eigenvalue weighted by Gasteiger charge is 2.24. The van der Waals surface area contributed by atoms with E-state index in [4.69, 9.17) is 12.6 Å². The lowest BCUT2D eigenvalue weighted by molar-refractivity contribution is 0.219. The normalized spacial score (nSPS) is 15.5. The highest BCUT2D eigenvalue weighted by Crippen LogP contribution is 2.37. The quantitative estimate of drug-likeness (QED) is 0.415. The van der Waals surface area contributed by atoms with Crippen LogP contribution in [-0.2, 0) is 0 Å². The van der Waals surface area contributed by atoms with Gasteiger partial charge in [0, 0.05) is 23.0 Å². The lowest BCUT2D eigenvalue weighted by Gasteiger charge is -2.34. The maximum absolute atomic E-state index is 5.08. The molecule has 0 aliphatic rings. The fraction of sp³-hybridized carbons (Fsp3) is 0.750. The van der Waals surface area contributed by atoms with Crippen LogP contribution in [0.3, 0.4) is 0 Å². The maximum Gasteiger partial charge on any atom is 0.0330 e. The lowest BCUT2D eigenvalue weighted by atomic mass is 9.93. The first-order valence-electron chi connectivity index (χ1n) is 11.4. The molecule has 0 fully saturated rings. The molecular formula is C24H45N3S. The van der Waals surface area contributed by atoms with Crippen molar-refractivity contribution >= 4 is 12.6 Å². The zero-order valence-electron chi connectivity index (χ0n) is 19.9. The molecule has 1 rings (SSSR count). The summed E-state index contributed by atoms with van der Waals surface area (Å²) in [6.45, 7) is 26.9. The van der Waals surface area contributed by atoms with Crippen molar-refractivity contribution in [2.75, 3.05) is 39.3 Å². The summed E-state index contributed by atoms with van der Waals surface area (Å²) in [5.74, 6) is 0. The molecule has 0 saturated carbocycles. The highest BCUT2D eigenvalue weighted by atomic mass is 32.1. The minimum atomic E-state index is 0.369. The van der Waals surface area contributed by atoms with Gasteiger partial charge in [0.15, 0.2) is 0 Å². The van der Waals surface area contributed by atoms with Crippen molar-refractivity contribution in [3.8, 4) is 0 Å². The standard InChI is InChI=1S/C24H45N3S/c1-10-25(11-2)18(7)21-16-22(19(8)26(12-3)13-4)24(28)23(17-21)20(9)27(14-5)15-6/h16-20,28H,10-15H2,1-9H3. The molecule has 0 spiro atoms. The summed E-state index contributed by atoms with van der Waals surface area (Å²) in [6, 6.07) is 6.00. The first kappa shape index (κ1) is 25.5. The van der Waals surface area contributed by atoms with Crippen LogP contribution in [0.5, 0.6) is 0 Å². The van der Waals surface area contributed by atoms with Gasteiger partial charge in [-0.25, -0.2) is 0 Å². The predicted molar refractivity (Wildman–Crippen MR) is 128 cm³/mol. The third kappa shape index (κ3) is 5.75. The minimum Gasteiger partial charge on any atom is -0.297 e. The molecule has 0 bridgehead atoms. The van der Waals surface area contributed by atoms with Gasteiger partial charge in [-0.3, -0.25) is 14.7 Å². The van der Waals surface area contributed by atoms with Crippen LogP contribution in [-0.4, -0.2) is 54.0 Å². The molecule has 3 unspecified atom stereocenters. The maximum atomic E-state index is 5.08. The van der Waals surface area contributed by atoms with E-state index in [-0.39, 0.29) is 0 Å². The Hall–Kier alpha value is -0.550. The van der Waals surface area contributed by atoms with E-state index in [1.807, 2.05) is 0 Å². The number of benzene rings is 1. The first-order valence-corrected chi connectivity index (χ1v) is 11.8. The molecule has 0 aliphatic heterocycles. The minimum absolute atomic E-state index is 0.369. The molecule has 162 valence electrons. The molecule has 0 saturated heterocycles. The van der Waals surface area contributed by atoms with Crippen LogP contribution in [0.15, 0.2) is 17.0 Å². The largest absolute Gasteiger partial charge is 0.297 e. The monoisotopic (exact) mass is 407 g/mol. The molecule has 1 aromatic rings. The van der Waals surface area contributed by atoms with Gasteiger partial charge in [0.2, 0.25) is 0 Å². The van der Waals surface area contributed by atoms with Crippen LogP contribution < -0.4 is 0 Å². The Balaban J connectivity index is 3.57. The second-order valence-electron chi connectivity index (χ2n) is 7.74. The summed E-state index contributed by atoms with van der Waals surface area (Å²) in [7, 11) is 0. The molecular weight excluding hydrogens is 362 g/mol. The summed E-state index contributed by atoms with van der Waals surface area (Å²) >= 11 is 5.08. The van der Waals surface area contributed by atoms with Crippen molar-refractivity contribution in [1.29, 1.82) is 0 Å². The van der Waals surface area contributed by atoms with Crippen molar-refractivity contribution in [2.24, 2.45) is 0 Å². The first-order chi connectivity index (χ1) is 13.3. The second-order valence-corrected chi connectivity index (χ2v) is 8.19. The Morgan fingerprint density at radius 3 is 1.18 bits per heavy atom. The number of hydrogen-bond donors (Lipinski definition) is 1. The zero-order valence-corrected chi connectivity index (χ0v) is 20.8. The predicted octanol–water partition coefficient (Wildman–Crippen LogP) is 6.18. The van der Waals surface area contributed by atoms with Crippen molar-refractivity contribution < 1.29 is 0 Å².